The van der Waals surface area contributed by atoms with Gasteiger partial charge in [-0.1, -0.05) is 11.8 Å². The summed E-state index contributed by atoms with van der Waals surface area (Å²) in [6, 6.07) is 0. The van der Waals surface area contributed by atoms with Gasteiger partial charge in [0, 0.05) is 6.20 Å². The number of nitrogens with zero attached hydrogens (tertiary/aromatic N) is 2. The summed E-state index contributed by atoms with van der Waals surface area (Å²) in [7, 11) is 0. The van der Waals surface area contributed by atoms with Gasteiger partial charge in [-0.05, 0) is 0 Å². The third-order valence-electron chi connectivity index (χ3n) is 1.80. The van der Waals surface area contributed by atoms with E-state index in [9.17, 15) is 0 Å². The van der Waals surface area contributed by atoms with Crippen molar-refractivity contribution in [3.63, 3.8) is 0 Å². The lowest BCUT2D eigenvalue weighted by atomic mass is 10.2. The van der Waals surface area contributed by atoms with Gasteiger partial charge in [0.2, 0.25) is 0 Å². The monoisotopic (exact) mass is 204 g/mol. The number of nitrogens with two attached hydrogens (primary N) is 1. The number of hydrogen-bond acceptors (Lipinski definition) is 4. The van der Waals surface area contributed by atoms with Crippen molar-refractivity contribution in [3.8, 4) is 11.8 Å². The third-order valence-corrected chi connectivity index (χ3v) is 1.96. The molecule has 2 aromatic heterocycles. The number of fused-ring (bicyclic) bond motifs is 1. The highest BCUT2D eigenvalue weighted by atomic mass is 32.1. The summed E-state index contributed by atoms with van der Waals surface area (Å²) in [5.41, 5.74) is 7.24. The maximum absolute atomic E-state index is 5.72. The van der Waals surface area contributed by atoms with E-state index in [0.717, 1.165) is 10.9 Å². The van der Waals surface area contributed by atoms with Crippen LogP contribution in [0.5, 0.6) is 0 Å². The Labute approximate surface area is 86.4 Å². The minimum absolute atomic E-state index is 0.444. The first-order valence-electron chi connectivity index (χ1n) is 4.00. The van der Waals surface area contributed by atoms with Gasteiger partial charge in [-0.3, -0.25) is 0 Å². The fraction of sp³-hybridized carbons (Fsp3) is 0.111. The van der Waals surface area contributed by atoms with E-state index in [4.69, 9.17) is 5.73 Å². The second-order valence-electron chi connectivity index (χ2n) is 2.64. The fourth-order valence-electron chi connectivity index (χ4n) is 1.22. The predicted molar refractivity (Wildman–Crippen MR) is 59.0 cm³/mol. The van der Waals surface area contributed by atoms with Crippen LogP contribution in [-0.2, 0) is 0 Å². The zero-order valence-electron chi connectivity index (χ0n) is 7.28. The van der Waals surface area contributed by atoms with E-state index in [1.54, 1.807) is 6.20 Å². The molecule has 2 rings (SSSR count). The van der Waals surface area contributed by atoms with E-state index in [2.05, 4.69) is 39.4 Å². The lowest BCUT2D eigenvalue weighted by Gasteiger charge is -1.93. The van der Waals surface area contributed by atoms with Crippen LogP contribution in [0.1, 0.15) is 5.56 Å². The van der Waals surface area contributed by atoms with Crippen LogP contribution < -0.4 is 5.73 Å². The molecule has 0 saturated carbocycles. The van der Waals surface area contributed by atoms with E-state index >= 15 is 0 Å². The maximum Gasteiger partial charge on any atom is 0.144 e. The Morgan fingerprint density at radius 1 is 1.50 bits per heavy atom. The Bertz CT molecular complexity index is 520. The number of nitrogens with one attached hydrogen (secondary N) is 1. The molecule has 14 heavy (non-hydrogen) atoms. The van der Waals surface area contributed by atoms with Crippen LogP contribution in [-0.4, -0.2) is 20.7 Å². The number of nitrogen functional groups attached to an aromatic ring is 1. The van der Waals surface area contributed by atoms with Crippen molar-refractivity contribution in [3.05, 3.63) is 18.1 Å². The summed E-state index contributed by atoms with van der Waals surface area (Å²) in [5.74, 6) is 6.75. The van der Waals surface area contributed by atoms with Crippen molar-refractivity contribution in [1.29, 1.82) is 0 Å². The minimum Gasteiger partial charge on any atom is -0.383 e. The average molecular weight is 204 g/mol. The molecule has 0 amide bonds. The Kier molecular flexibility index (Phi) is 2.29. The molecular formula is C9H8N4S. The molecule has 4 nitrogen and oxygen atoms in total. The number of hydrogen-bond donors (Lipinski definition) is 3. The summed E-state index contributed by atoms with van der Waals surface area (Å²) in [4.78, 5) is 10.9. The molecule has 0 saturated heterocycles. The molecule has 0 aliphatic carbocycles. The number of H-pyrrole nitrogens is 1. The molecule has 2 aromatic rings. The van der Waals surface area contributed by atoms with Crippen LogP contribution in [0, 0.1) is 11.8 Å². The van der Waals surface area contributed by atoms with Gasteiger partial charge in [-0.25, -0.2) is 9.97 Å². The first kappa shape index (κ1) is 8.91. The molecule has 0 unspecified atom stereocenters. The zero-order chi connectivity index (χ0) is 9.97. The Balaban J connectivity index is 2.67. The molecule has 5 heteroatoms. The van der Waals surface area contributed by atoms with Gasteiger partial charge in [0.25, 0.3) is 0 Å². The molecule has 0 aromatic carbocycles. The van der Waals surface area contributed by atoms with Crippen LogP contribution in [0.2, 0.25) is 0 Å². The van der Waals surface area contributed by atoms with E-state index in [1.165, 1.54) is 6.33 Å². The van der Waals surface area contributed by atoms with Gasteiger partial charge in [0.1, 0.15) is 17.8 Å². The van der Waals surface area contributed by atoms with E-state index in [1.807, 2.05) is 0 Å². The molecule has 70 valence electrons. The van der Waals surface area contributed by atoms with Crippen molar-refractivity contribution in [2.75, 3.05) is 11.5 Å². The summed E-state index contributed by atoms with van der Waals surface area (Å²) in [5, 5.41) is 0.779. The first-order chi connectivity index (χ1) is 6.83. The highest BCUT2D eigenvalue weighted by Crippen LogP contribution is 2.19. The second-order valence-corrected chi connectivity index (χ2v) is 2.96. The summed E-state index contributed by atoms with van der Waals surface area (Å²) >= 11 is 4.01. The fourth-order valence-corrected chi connectivity index (χ4v) is 1.30. The SMILES string of the molecule is Nc1ncnc2[nH]cc(C#CCS)c12. The molecule has 0 aliphatic rings. The van der Waals surface area contributed by atoms with Crippen LogP contribution in [0.25, 0.3) is 11.0 Å². The summed E-state index contributed by atoms with van der Waals surface area (Å²) in [6.45, 7) is 0. The molecule has 3 N–H and O–H groups in total. The average Bonchev–Trinajstić information content (AvgIpc) is 2.59. The maximum atomic E-state index is 5.72. The molecular weight excluding hydrogens is 196 g/mol. The summed E-state index contributed by atoms with van der Waals surface area (Å²) in [6.07, 6.45) is 3.19. The smallest absolute Gasteiger partial charge is 0.144 e. The minimum atomic E-state index is 0.444. The van der Waals surface area contributed by atoms with Gasteiger partial charge in [0.05, 0.1) is 16.7 Å². The molecule has 0 bridgehead atoms. The number of thiol groups is 1. The Morgan fingerprint density at radius 2 is 2.36 bits per heavy atom. The Hall–Kier alpha value is -1.67. The molecule has 0 atom stereocenters. The van der Waals surface area contributed by atoms with Crippen LogP contribution in [0.15, 0.2) is 12.5 Å². The number of rotatable bonds is 0. The predicted octanol–water partition coefficient (Wildman–Crippen LogP) is 0.821. The molecule has 2 heterocycles. The highest BCUT2D eigenvalue weighted by molar-refractivity contribution is 7.80. The third kappa shape index (κ3) is 1.40. The highest BCUT2D eigenvalue weighted by Gasteiger charge is 2.05. The lowest BCUT2D eigenvalue weighted by Crippen LogP contribution is -1.92. The van der Waals surface area contributed by atoms with Crippen LogP contribution in [0.4, 0.5) is 5.82 Å². The largest absolute Gasteiger partial charge is 0.383 e. The van der Waals surface area contributed by atoms with Crippen molar-refractivity contribution >= 4 is 29.5 Å². The van der Waals surface area contributed by atoms with Crippen molar-refractivity contribution in [1.82, 2.24) is 15.0 Å². The van der Waals surface area contributed by atoms with Gasteiger partial charge < -0.3 is 10.7 Å². The van der Waals surface area contributed by atoms with Gasteiger partial charge >= 0.3 is 0 Å². The van der Waals surface area contributed by atoms with E-state index < -0.39 is 0 Å². The number of aromatic amines is 1. The normalized spacial score (nSPS) is 9.79. The van der Waals surface area contributed by atoms with Crippen LogP contribution >= 0.6 is 12.6 Å². The standard InChI is InChI=1S/C9H8N4S/c10-8-7-6(2-1-3-14)4-11-9(7)13-5-12-8/h4-5,14H,3H2,(H3,10,11,12,13). The second kappa shape index (κ2) is 3.60. The topological polar surface area (TPSA) is 67.6 Å². The molecule has 0 spiro atoms. The quantitative estimate of drug-likeness (QED) is 0.439. The first-order valence-corrected chi connectivity index (χ1v) is 4.63. The zero-order valence-corrected chi connectivity index (χ0v) is 8.18. The van der Waals surface area contributed by atoms with Crippen LogP contribution in [0.3, 0.4) is 0 Å². The van der Waals surface area contributed by atoms with Gasteiger partial charge in [0.15, 0.2) is 0 Å². The lowest BCUT2D eigenvalue weighted by molar-refractivity contribution is 1.21. The molecule has 0 aliphatic heterocycles. The molecule has 0 radical (unpaired) electrons. The summed E-state index contributed by atoms with van der Waals surface area (Å²) < 4.78 is 0. The van der Waals surface area contributed by atoms with Crippen molar-refractivity contribution < 1.29 is 0 Å². The molecule has 0 fully saturated rings. The van der Waals surface area contributed by atoms with Crippen molar-refractivity contribution in [2.45, 2.75) is 0 Å². The van der Waals surface area contributed by atoms with Gasteiger partial charge in [-0.15, -0.1) is 0 Å². The number of anilines is 1. The number of aromatic nitrogens is 3. The Morgan fingerprint density at radius 3 is 3.14 bits per heavy atom. The van der Waals surface area contributed by atoms with Gasteiger partial charge in [-0.2, -0.15) is 12.6 Å². The van der Waals surface area contributed by atoms with Crippen molar-refractivity contribution in [2.24, 2.45) is 0 Å². The van der Waals surface area contributed by atoms with E-state index in [0.29, 0.717) is 17.2 Å². The van der Waals surface area contributed by atoms with E-state index in [-0.39, 0.29) is 0 Å².